The van der Waals surface area contributed by atoms with Gasteiger partial charge in [-0.1, -0.05) is 25.7 Å². The molecule has 0 spiro atoms. The van der Waals surface area contributed by atoms with Crippen LogP contribution in [0.5, 0.6) is 0 Å². The molecule has 20 heavy (non-hydrogen) atoms. The minimum absolute atomic E-state index is 0.438. The molecule has 0 radical (unpaired) electrons. The van der Waals surface area contributed by atoms with Crippen LogP contribution in [0.15, 0.2) is 11.4 Å². The summed E-state index contributed by atoms with van der Waals surface area (Å²) in [5.41, 5.74) is 6.52. The molecule has 1 aromatic rings. The monoisotopic (exact) mass is 290 g/mol. The van der Waals surface area contributed by atoms with Gasteiger partial charge in [-0.15, -0.1) is 11.3 Å². The maximum Gasteiger partial charge on any atom is 0.0555 e. The van der Waals surface area contributed by atoms with Gasteiger partial charge in [0.15, 0.2) is 0 Å². The molecular weight excluding hydrogens is 264 g/mol. The highest BCUT2D eigenvalue weighted by Gasteiger charge is 2.19. The van der Waals surface area contributed by atoms with E-state index in [0.717, 1.165) is 23.9 Å². The van der Waals surface area contributed by atoms with Crippen molar-refractivity contribution in [1.29, 1.82) is 0 Å². The molecule has 1 atom stereocenters. The Morgan fingerprint density at radius 3 is 3.00 bits per heavy atom. The van der Waals surface area contributed by atoms with E-state index in [0.29, 0.717) is 6.54 Å². The van der Waals surface area contributed by atoms with Gasteiger partial charge in [0.25, 0.3) is 0 Å². The largest absolute Gasteiger partial charge is 0.320 e. The number of hydrogen-bond acceptors (Lipinski definition) is 3. The minimum Gasteiger partial charge on any atom is -0.320 e. The van der Waals surface area contributed by atoms with Gasteiger partial charge in [0.05, 0.1) is 6.54 Å². The van der Waals surface area contributed by atoms with Gasteiger partial charge in [0, 0.05) is 22.4 Å². The molecule has 3 heteroatoms. The summed E-state index contributed by atoms with van der Waals surface area (Å²) in [6, 6.07) is 2.22. The molecule has 2 heterocycles. The summed E-state index contributed by atoms with van der Waals surface area (Å²) in [7, 11) is 0. The van der Waals surface area contributed by atoms with Crippen LogP contribution in [0.25, 0.3) is 0 Å². The predicted molar refractivity (Wildman–Crippen MR) is 87.7 cm³/mol. The summed E-state index contributed by atoms with van der Waals surface area (Å²) >= 11 is 1.82. The van der Waals surface area contributed by atoms with Gasteiger partial charge in [-0.3, -0.25) is 4.90 Å². The summed E-state index contributed by atoms with van der Waals surface area (Å²) in [6.07, 6.45) is 4.09. The molecule has 0 aliphatic carbocycles. The Morgan fingerprint density at radius 1 is 1.40 bits per heavy atom. The third-order valence-corrected chi connectivity index (χ3v) is 5.10. The van der Waals surface area contributed by atoms with Gasteiger partial charge in [0.1, 0.15) is 0 Å². The third kappa shape index (κ3) is 4.63. The SMILES string of the molecule is CC(C)C1CCCN(Cc2cc(C#CCN)cs2)CC1. The molecule has 1 unspecified atom stereocenters. The van der Waals surface area contributed by atoms with E-state index in [4.69, 9.17) is 5.73 Å². The van der Waals surface area contributed by atoms with Crippen molar-refractivity contribution in [2.45, 2.75) is 39.7 Å². The molecule has 2 N–H and O–H groups in total. The second-order valence-corrected chi connectivity index (χ2v) is 7.01. The van der Waals surface area contributed by atoms with Crippen molar-refractivity contribution in [3.63, 3.8) is 0 Å². The summed E-state index contributed by atoms with van der Waals surface area (Å²) < 4.78 is 0. The molecule has 1 aliphatic heterocycles. The third-order valence-electron chi connectivity index (χ3n) is 4.18. The minimum atomic E-state index is 0.438. The number of nitrogens with zero attached hydrogens (tertiary/aromatic N) is 1. The van der Waals surface area contributed by atoms with Gasteiger partial charge in [-0.25, -0.2) is 0 Å². The quantitative estimate of drug-likeness (QED) is 0.865. The molecule has 1 saturated heterocycles. The molecular formula is C17H26N2S. The average Bonchev–Trinajstić information content (AvgIpc) is 2.72. The van der Waals surface area contributed by atoms with E-state index in [2.05, 4.69) is 42.0 Å². The Labute approximate surface area is 127 Å². The van der Waals surface area contributed by atoms with Gasteiger partial charge in [-0.2, -0.15) is 0 Å². The number of hydrogen-bond donors (Lipinski definition) is 1. The van der Waals surface area contributed by atoms with E-state index in [9.17, 15) is 0 Å². The molecule has 110 valence electrons. The molecule has 0 aromatic carbocycles. The molecule has 0 saturated carbocycles. The van der Waals surface area contributed by atoms with Crippen molar-refractivity contribution < 1.29 is 0 Å². The van der Waals surface area contributed by atoms with Crippen LogP contribution in [0.3, 0.4) is 0 Å². The fourth-order valence-corrected chi connectivity index (χ4v) is 3.77. The van der Waals surface area contributed by atoms with Crippen molar-refractivity contribution >= 4 is 11.3 Å². The maximum absolute atomic E-state index is 5.41. The van der Waals surface area contributed by atoms with Crippen molar-refractivity contribution in [3.8, 4) is 11.8 Å². The standard InChI is InChI=1S/C17H26N2S/c1-14(2)16-6-4-9-19(10-7-16)12-17-11-15(13-20-17)5-3-8-18/h11,13-14,16H,4,6-10,12,18H2,1-2H3. The van der Waals surface area contributed by atoms with Crippen LogP contribution >= 0.6 is 11.3 Å². The molecule has 1 aromatic heterocycles. The summed E-state index contributed by atoms with van der Waals surface area (Å²) in [4.78, 5) is 4.03. The van der Waals surface area contributed by atoms with Crippen molar-refractivity contribution in [2.75, 3.05) is 19.6 Å². The van der Waals surface area contributed by atoms with Crippen LogP contribution in [-0.4, -0.2) is 24.5 Å². The predicted octanol–water partition coefficient (Wildman–Crippen LogP) is 3.32. The lowest BCUT2D eigenvalue weighted by Gasteiger charge is -2.20. The smallest absolute Gasteiger partial charge is 0.0555 e. The zero-order valence-corrected chi connectivity index (χ0v) is 13.5. The van der Waals surface area contributed by atoms with E-state index in [1.54, 1.807) is 0 Å². The normalized spacial score (nSPS) is 20.5. The molecule has 0 bridgehead atoms. The first-order chi connectivity index (χ1) is 9.69. The number of rotatable bonds is 3. The fourth-order valence-electron chi connectivity index (χ4n) is 2.91. The van der Waals surface area contributed by atoms with Crippen LogP contribution in [0, 0.1) is 23.7 Å². The van der Waals surface area contributed by atoms with E-state index >= 15 is 0 Å². The van der Waals surface area contributed by atoms with E-state index in [1.807, 2.05) is 11.3 Å². The fraction of sp³-hybridized carbons (Fsp3) is 0.647. The van der Waals surface area contributed by atoms with Crippen LogP contribution in [0.1, 0.15) is 43.6 Å². The number of likely N-dealkylation sites (tertiary alicyclic amines) is 1. The Kier molecular flexibility index (Phi) is 6.09. The van der Waals surface area contributed by atoms with Crippen LogP contribution in [0.2, 0.25) is 0 Å². The van der Waals surface area contributed by atoms with Crippen LogP contribution < -0.4 is 5.73 Å². The van der Waals surface area contributed by atoms with E-state index < -0.39 is 0 Å². The summed E-state index contributed by atoms with van der Waals surface area (Å²) in [5, 5.41) is 2.15. The first kappa shape index (κ1) is 15.6. The Balaban J connectivity index is 1.88. The van der Waals surface area contributed by atoms with Crippen LogP contribution in [-0.2, 0) is 6.54 Å². The van der Waals surface area contributed by atoms with E-state index in [1.165, 1.54) is 37.2 Å². The highest BCUT2D eigenvalue weighted by atomic mass is 32.1. The zero-order chi connectivity index (χ0) is 14.4. The van der Waals surface area contributed by atoms with Gasteiger partial charge in [-0.05, 0) is 50.3 Å². The van der Waals surface area contributed by atoms with Crippen LogP contribution in [0.4, 0.5) is 0 Å². The van der Waals surface area contributed by atoms with Gasteiger partial charge in [0.2, 0.25) is 0 Å². The second kappa shape index (κ2) is 7.83. The van der Waals surface area contributed by atoms with Crippen molar-refractivity contribution in [3.05, 3.63) is 21.9 Å². The first-order valence-corrected chi connectivity index (χ1v) is 8.55. The average molecular weight is 290 g/mol. The second-order valence-electron chi connectivity index (χ2n) is 6.02. The number of nitrogens with two attached hydrogens (primary N) is 1. The highest BCUT2D eigenvalue weighted by Crippen LogP contribution is 2.26. The van der Waals surface area contributed by atoms with Gasteiger partial charge < -0.3 is 5.73 Å². The Hall–Kier alpha value is -0.820. The first-order valence-electron chi connectivity index (χ1n) is 7.67. The van der Waals surface area contributed by atoms with Gasteiger partial charge >= 0.3 is 0 Å². The topological polar surface area (TPSA) is 29.3 Å². The molecule has 2 nitrogen and oxygen atoms in total. The van der Waals surface area contributed by atoms with E-state index in [-0.39, 0.29) is 0 Å². The lowest BCUT2D eigenvalue weighted by molar-refractivity contribution is 0.267. The molecule has 1 fully saturated rings. The lowest BCUT2D eigenvalue weighted by Crippen LogP contribution is -2.24. The maximum atomic E-state index is 5.41. The lowest BCUT2D eigenvalue weighted by atomic mass is 9.89. The summed E-state index contributed by atoms with van der Waals surface area (Å²) in [6.45, 7) is 8.73. The Morgan fingerprint density at radius 2 is 2.25 bits per heavy atom. The van der Waals surface area contributed by atoms with Crippen molar-refractivity contribution in [2.24, 2.45) is 17.6 Å². The highest BCUT2D eigenvalue weighted by molar-refractivity contribution is 7.10. The summed E-state index contributed by atoms with van der Waals surface area (Å²) in [5.74, 6) is 7.77. The molecule has 1 aliphatic rings. The van der Waals surface area contributed by atoms with Crippen molar-refractivity contribution in [1.82, 2.24) is 4.90 Å². The zero-order valence-electron chi connectivity index (χ0n) is 12.7. The molecule has 2 rings (SSSR count). The number of thiophene rings is 1. The molecule has 0 amide bonds. The Bertz CT molecular complexity index is 467.